The van der Waals surface area contributed by atoms with Crippen LogP contribution < -0.4 is 0 Å². The number of para-hydroxylation sites is 1. The highest BCUT2D eigenvalue weighted by Gasteiger charge is 2.18. The van der Waals surface area contributed by atoms with E-state index in [1.165, 1.54) is 5.56 Å². The molecule has 0 saturated carbocycles. The van der Waals surface area contributed by atoms with Crippen molar-refractivity contribution < 1.29 is 4.42 Å². The fraction of sp³-hybridized carbons (Fsp3) is 0.0870. The highest BCUT2D eigenvalue weighted by Crippen LogP contribution is 2.30. The summed E-state index contributed by atoms with van der Waals surface area (Å²) in [6.45, 7) is 0. The minimum Gasteiger partial charge on any atom is -0.461 e. The Morgan fingerprint density at radius 2 is 1.70 bits per heavy atom. The Kier molecular flexibility index (Phi) is 5.46. The van der Waals surface area contributed by atoms with Crippen LogP contribution in [0.5, 0.6) is 0 Å². The van der Waals surface area contributed by atoms with Crippen LogP contribution in [-0.4, -0.2) is 19.7 Å². The maximum Gasteiger partial charge on any atom is 0.205 e. The van der Waals surface area contributed by atoms with Gasteiger partial charge in [-0.1, -0.05) is 60.3 Å². The molecule has 0 aliphatic carbocycles. The fourth-order valence-corrected chi connectivity index (χ4v) is 4.92. The van der Waals surface area contributed by atoms with Crippen molar-refractivity contribution in [1.82, 2.24) is 19.7 Å². The van der Waals surface area contributed by atoms with E-state index >= 15 is 0 Å². The molecule has 0 saturated heterocycles. The first-order valence-corrected chi connectivity index (χ1v) is 11.4. The van der Waals surface area contributed by atoms with Crippen LogP contribution in [0.3, 0.4) is 0 Å². The second-order valence-corrected chi connectivity index (χ2v) is 8.52. The van der Waals surface area contributed by atoms with Crippen molar-refractivity contribution in [2.45, 2.75) is 17.3 Å². The van der Waals surface area contributed by atoms with Gasteiger partial charge in [0.05, 0.1) is 17.0 Å². The van der Waals surface area contributed by atoms with E-state index in [0.29, 0.717) is 11.6 Å². The highest BCUT2D eigenvalue weighted by molar-refractivity contribution is 7.98. The van der Waals surface area contributed by atoms with Crippen LogP contribution in [0.2, 0.25) is 0 Å². The number of rotatable bonds is 7. The normalized spacial score (nSPS) is 11.1. The molecule has 2 aromatic carbocycles. The summed E-state index contributed by atoms with van der Waals surface area (Å²) in [5.41, 5.74) is 3.33. The van der Waals surface area contributed by atoms with Crippen molar-refractivity contribution in [2.75, 3.05) is 0 Å². The second-order valence-electron chi connectivity index (χ2n) is 6.64. The van der Waals surface area contributed by atoms with Gasteiger partial charge in [0.25, 0.3) is 0 Å². The van der Waals surface area contributed by atoms with Gasteiger partial charge in [-0.3, -0.25) is 4.57 Å². The molecule has 0 spiro atoms. The molecule has 3 heterocycles. The molecule has 0 aliphatic heterocycles. The smallest absolute Gasteiger partial charge is 0.205 e. The molecule has 0 atom stereocenters. The predicted octanol–water partition coefficient (Wildman–Crippen LogP) is 5.87. The first-order valence-electron chi connectivity index (χ1n) is 9.51. The maximum absolute atomic E-state index is 5.57. The Morgan fingerprint density at radius 1 is 0.900 bits per heavy atom. The van der Waals surface area contributed by atoms with Crippen molar-refractivity contribution in [3.8, 4) is 17.3 Å². The quantitative estimate of drug-likeness (QED) is 0.302. The summed E-state index contributed by atoms with van der Waals surface area (Å²) in [4.78, 5) is 4.80. The molecule has 30 heavy (non-hydrogen) atoms. The number of thioether (sulfide) groups is 1. The number of furan rings is 1. The van der Waals surface area contributed by atoms with Crippen molar-refractivity contribution in [1.29, 1.82) is 0 Å². The van der Waals surface area contributed by atoms with Crippen LogP contribution in [0, 0.1) is 0 Å². The first-order chi connectivity index (χ1) is 14.9. The van der Waals surface area contributed by atoms with E-state index in [2.05, 4.69) is 39.8 Å². The number of aromatic nitrogens is 4. The summed E-state index contributed by atoms with van der Waals surface area (Å²) in [5.74, 6) is 2.11. The Labute approximate surface area is 182 Å². The summed E-state index contributed by atoms with van der Waals surface area (Å²) in [5, 5.41) is 12.9. The van der Waals surface area contributed by atoms with Crippen LogP contribution in [0.25, 0.3) is 17.3 Å². The summed E-state index contributed by atoms with van der Waals surface area (Å²) < 4.78 is 7.60. The molecule has 148 valence electrons. The number of hydrogen-bond donors (Lipinski definition) is 0. The lowest BCUT2D eigenvalue weighted by Crippen LogP contribution is -1.99. The fourth-order valence-electron chi connectivity index (χ4n) is 3.14. The zero-order chi connectivity index (χ0) is 20.2. The number of benzene rings is 2. The summed E-state index contributed by atoms with van der Waals surface area (Å²) in [6, 6.07) is 24.3. The number of thiazole rings is 1. The van der Waals surface area contributed by atoms with Crippen LogP contribution in [-0.2, 0) is 12.2 Å². The lowest BCUT2D eigenvalue weighted by molar-refractivity contribution is 0.575. The van der Waals surface area contributed by atoms with Crippen molar-refractivity contribution >= 4 is 23.1 Å². The van der Waals surface area contributed by atoms with Crippen LogP contribution in [0.1, 0.15) is 16.3 Å². The van der Waals surface area contributed by atoms with Gasteiger partial charge in [0.15, 0.2) is 10.9 Å². The summed E-state index contributed by atoms with van der Waals surface area (Å²) in [6.07, 6.45) is 2.51. The summed E-state index contributed by atoms with van der Waals surface area (Å²) in [7, 11) is 0. The van der Waals surface area contributed by atoms with Gasteiger partial charge in [0, 0.05) is 23.2 Å². The molecule has 0 bridgehead atoms. The molecule has 0 unspecified atom stereocenters. The van der Waals surface area contributed by atoms with Crippen LogP contribution in [0.15, 0.2) is 94.0 Å². The van der Waals surface area contributed by atoms with E-state index < -0.39 is 0 Å². The van der Waals surface area contributed by atoms with Crippen molar-refractivity contribution in [2.24, 2.45) is 0 Å². The van der Waals surface area contributed by atoms with Gasteiger partial charge in [0.1, 0.15) is 0 Å². The van der Waals surface area contributed by atoms with Gasteiger partial charge in [-0.05, 0) is 29.8 Å². The van der Waals surface area contributed by atoms with E-state index in [1.54, 1.807) is 29.4 Å². The zero-order valence-electron chi connectivity index (χ0n) is 16.0. The highest BCUT2D eigenvalue weighted by atomic mass is 32.2. The van der Waals surface area contributed by atoms with Gasteiger partial charge in [-0.15, -0.1) is 21.5 Å². The molecular weight excluding hydrogens is 412 g/mol. The first kappa shape index (κ1) is 18.8. The lowest BCUT2D eigenvalue weighted by atomic mass is 10.2. The number of hydrogen-bond acceptors (Lipinski definition) is 6. The summed E-state index contributed by atoms with van der Waals surface area (Å²) >= 11 is 3.33. The van der Waals surface area contributed by atoms with Gasteiger partial charge in [0.2, 0.25) is 5.82 Å². The number of nitrogens with zero attached hydrogens (tertiary/aromatic N) is 4. The molecule has 0 N–H and O–H groups in total. The Balaban J connectivity index is 1.37. The lowest BCUT2D eigenvalue weighted by Gasteiger charge is -2.08. The average molecular weight is 431 g/mol. The third kappa shape index (κ3) is 4.08. The second kappa shape index (κ2) is 8.69. The largest absolute Gasteiger partial charge is 0.461 e. The van der Waals surface area contributed by atoms with E-state index in [0.717, 1.165) is 33.7 Å². The van der Waals surface area contributed by atoms with E-state index in [9.17, 15) is 0 Å². The topological polar surface area (TPSA) is 56.7 Å². The third-order valence-electron chi connectivity index (χ3n) is 4.54. The van der Waals surface area contributed by atoms with Crippen LogP contribution >= 0.6 is 23.1 Å². The van der Waals surface area contributed by atoms with Gasteiger partial charge in [-0.2, -0.15) is 0 Å². The molecule has 0 fully saturated rings. The minimum absolute atomic E-state index is 0.691. The SMILES string of the molecule is c1ccc(Cc2nc(CSc3nnc(-c4ccco4)n3-c3ccccc3)cs2)cc1. The zero-order valence-corrected chi connectivity index (χ0v) is 17.6. The van der Waals surface area contributed by atoms with E-state index in [4.69, 9.17) is 9.40 Å². The van der Waals surface area contributed by atoms with Crippen molar-refractivity contribution in [3.63, 3.8) is 0 Å². The van der Waals surface area contributed by atoms with Gasteiger partial charge >= 0.3 is 0 Å². The molecule has 5 nitrogen and oxygen atoms in total. The molecular formula is C23H18N4OS2. The van der Waals surface area contributed by atoms with E-state index in [1.807, 2.05) is 53.1 Å². The predicted molar refractivity (Wildman–Crippen MR) is 120 cm³/mol. The van der Waals surface area contributed by atoms with Gasteiger partial charge < -0.3 is 4.42 Å². The standard InChI is InChI=1S/C23H18N4OS2/c1-3-8-17(9-4-1)14-21-24-18(15-29-21)16-30-23-26-25-22(20-12-7-13-28-20)27(23)19-10-5-2-6-11-19/h1-13,15H,14,16H2. The molecule has 5 aromatic rings. The molecule has 0 aliphatic rings. The van der Waals surface area contributed by atoms with Gasteiger partial charge in [-0.25, -0.2) is 4.98 Å². The molecule has 0 radical (unpaired) electrons. The Hall–Kier alpha value is -3.16. The molecule has 3 aromatic heterocycles. The average Bonchev–Trinajstić information content (AvgIpc) is 3.54. The monoisotopic (exact) mass is 430 g/mol. The molecule has 7 heteroatoms. The minimum atomic E-state index is 0.691. The van der Waals surface area contributed by atoms with Crippen molar-refractivity contribution in [3.05, 3.63) is 101 Å². The molecule has 0 amide bonds. The van der Waals surface area contributed by atoms with Crippen LogP contribution in [0.4, 0.5) is 0 Å². The third-order valence-corrected chi connectivity index (χ3v) is 6.40. The Bertz CT molecular complexity index is 1210. The maximum atomic E-state index is 5.57. The molecule has 5 rings (SSSR count). The van der Waals surface area contributed by atoms with E-state index in [-0.39, 0.29) is 0 Å². The Morgan fingerprint density at radius 3 is 2.47 bits per heavy atom.